The summed E-state index contributed by atoms with van der Waals surface area (Å²) in [5.41, 5.74) is 7.11. The number of hydrogen-bond acceptors (Lipinski definition) is 4. The predicted molar refractivity (Wildman–Crippen MR) is 205 cm³/mol. The monoisotopic (exact) mass is 694 g/mol. The van der Waals surface area contributed by atoms with Gasteiger partial charge < -0.3 is 16.4 Å². The first-order valence-electron chi connectivity index (χ1n) is 17.4. The van der Waals surface area contributed by atoms with E-state index >= 15 is 0 Å². The van der Waals surface area contributed by atoms with E-state index in [1.807, 2.05) is 0 Å². The number of rotatable bonds is 12. The van der Waals surface area contributed by atoms with Crippen LogP contribution in [0.2, 0.25) is 0 Å². The van der Waals surface area contributed by atoms with Gasteiger partial charge in [0.15, 0.2) is 5.71 Å². The van der Waals surface area contributed by atoms with Crippen LogP contribution in [0.1, 0.15) is 64.5 Å². The number of fused-ring (bicyclic) bond motifs is 5. The van der Waals surface area contributed by atoms with Crippen LogP contribution in [0.4, 0.5) is 11.4 Å². The number of unbranched alkanes of at least 4 members (excludes halogenated alkanes) is 2. The van der Waals surface area contributed by atoms with E-state index in [2.05, 4.69) is 159 Å². The Bertz CT molecular complexity index is 2160. The summed E-state index contributed by atoms with van der Waals surface area (Å²) in [6.07, 6.45) is 17.7. The van der Waals surface area contributed by atoms with Crippen LogP contribution in [0.15, 0.2) is 121 Å². The Kier molecular flexibility index (Phi) is 11.8. The van der Waals surface area contributed by atoms with Crippen molar-refractivity contribution in [1.29, 1.82) is 0 Å². The van der Waals surface area contributed by atoms with E-state index in [1.165, 1.54) is 44.1 Å². The third kappa shape index (κ3) is 7.66. The molecule has 0 radical (unpaired) electrons. The van der Waals surface area contributed by atoms with Crippen LogP contribution in [-0.2, 0) is 20.9 Å². The van der Waals surface area contributed by atoms with E-state index in [1.54, 1.807) is 0 Å². The Labute approximate surface area is 320 Å². The summed E-state index contributed by atoms with van der Waals surface area (Å²) in [4.78, 5) is 2.47. The molecule has 0 bridgehead atoms. The molecule has 0 atom stereocenters. The molecule has 4 aromatic carbocycles. The van der Waals surface area contributed by atoms with E-state index in [4.69, 9.17) is 0 Å². The first-order chi connectivity index (χ1) is 23.4. The van der Waals surface area contributed by atoms with Gasteiger partial charge in [0.1, 0.15) is 6.54 Å². The normalized spacial score (nSPS) is 17.6. The molecule has 4 aromatic rings. The summed E-state index contributed by atoms with van der Waals surface area (Å²) < 4.78 is 36.0. The van der Waals surface area contributed by atoms with Crippen molar-refractivity contribution in [3.05, 3.63) is 139 Å². The van der Waals surface area contributed by atoms with Crippen LogP contribution in [0, 0.1) is 6.92 Å². The average Bonchev–Trinajstić information content (AvgIpc) is 3.41. The van der Waals surface area contributed by atoms with Crippen molar-refractivity contribution < 1.29 is 47.1 Å². The molecule has 0 saturated carbocycles. The van der Waals surface area contributed by atoms with Crippen LogP contribution in [-0.4, -0.2) is 42.1 Å². The minimum Gasteiger partial charge on any atom is -0.748 e. The van der Waals surface area contributed by atoms with Crippen LogP contribution < -0.4 is 34.5 Å². The molecule has 7 heteroatoms. The summed E-state index contributed by atoms with van der Waals surface area (Å²) in [5.74, 6) is -0.335. The van der Waals surface area contributed by atoms with Gasteiger partial charge in [0, 0.05) is 53.2 Å². The zero-order valence-corrected chi connectivity index (χ0v) is 33.0. The Morgan fingerprint density at radius 3 is 2.18 bits per heavy atom. The SMILES string of the molecule is [CH2-]CCCN1\C(=C/C=C/C=C/C=C/C2=[N+](CCCCS(=O)(=O)[O-])c3ccc4ccccc4c3C2(C)C)C(C)(C)c2cc3ccccc3cc21.[Na+]. The Hall–Kier alpha value is -3.26. The smallest absolute Gasteiger partial charge is 0.748 e. The van der Waals surface area contributed by atoms with Gasteiger partial charge in [0.25, 0.3) is 0 Å². The summed E-state index contributed by atoms with van der Waals surface area (Å²) in [6.45, 7) is 14.8. The molecule has 5 nitrogen and oxygen atoms in total. The maximum atomic E-state index is 11.2. The van der Waals surface area contributed by atoms with Gasteiger partial charge in [-0.25, -0.2) is 8.42 Å². The van der Waals surface area contributed by atoms with Crippen molar-refractivity contribution in [1.82, 2.24) is 0 Å². The summed E-state index contributed by atoms with van der Waals surface area (Å²) in [6, 6.07) is 26.1. The standard InChI is InChI=1S/C43H48N2O3S.Na/c1-6-7-27-45-38-31-34-21-14-13-20-33(34)30-36(38)42(2,3)39(45)23-11-9-8-10-12-24-40-43(4,5)41-35-22-16-15-19-32(35)25-26-37(41)44(40)28-17-18-29-49(46,47)48;/h8-16,19-26,30-31H,1,6-7,17-18,27-29H2,2-5H3,(H,46,47,48);/q;+1/p-1. The van der Waals surface area contributed by atoms with Crippen molar-refractivity contribution in [2.45, 2.75) is 64.2 Å². The molecular weight excluding hydrogens is 648 g/mol. The van der Waals surface area contributed by atoms with Crippen molar-refractivity contribution in [3.63, 3.8) is 0 Å². The minimum atomic E-state index is -4.23. The van der Waals surface area contributed by atoms with Gasteiger partial charge in [0.2, 0.25) is 5.69 Å². The Morgan fingerprint density at radius 1 is 0.800 bits per heavy atom. The van der Waals surface area contributed by atoms with Crippen molar-refractivity contribution in [3.8, 4) is 0 Å². The molecule has 0 N–H and O–H groups in total. The van der Waals surface area contributed by atoms with Gasteiger partial charge in [-0.05, 0) is 71.7 Å². The quantitative estimate of drug-likeness (QED) is 0.0416. The number of anilines is 1. The summed E-state index contributed by atoms with van der Waals surface area (Å²) >= 11 is 0. The fraction of sp³-hybridized carbons (Fsp3) is 0.302. The molecule has 2 aliphatic rings. The topological polar surface area (TPSA) is 63.5 Å². The minimum absolute atomic E-state index is 0. The second-order valence-corrected chi connectivity index (χ2v) is 15.7. The van der Waals surface area contributed by atoms with Gasteiger partial charge >= 0.3 is 29.6 Å². The summed E-state index contributed by atoms with van der Waals surface area (Å²) in [5, 5.41) is 4.95. The van der Waals surface area contributed by atoms with Crippen molar-refractivity contribution >= 4 is 48.7 Å². The largest absolute Gasteiger partial charge is 1.00 e. The number of nitrogens with zero attached hydrogens (tertiary/aromatic N) is 2. The first-order valence-corrected chi connectivity index (χ1v) is 18.9. The van der Waals surface area contributed by atoms with E-state index in [0.717, 1.165) is 30.8 Å². The van der Waals surface area contributed by atoms with Gasteiger partial charge in [0.05, 0.1) is 15.5 Å². The molecule has 50 heavy (non-hydrogen) atoms. The first kappa shape index (κ1) is 38.0. The molecule has 0 spiro atoms. The van der Waals surface area contributed by atoms with Gasteiger partial charge in [-0.15, -0.1) is 0 Å². The Balaban J connectivity index is 0.00000486. The number of hydrogen-bond donors (Lipinski definition) is 0. The van der Waals surface area contributed by atoms with Crippen molar-refractivity contribution in [2.75, 3.05) is 23.7 Å². The molecular formula is C43H47N2NaO3S. The molecule has 0 unspecified atom stereocenters. The molecule has 254 valence electrons. The fourth-order valence-corrected chi connectivity index (χ4v) is 8.24. The van der Waals surface area contributed by atoms with Gasteiger partial charge in [-0.3, -0.25) is 0 Å². The summed E-state index contributed by atoms with van der Waals surface area (Å²) in [7, 11) is -4.23. The molecule has 0 aromatic heterocycles. The van der Waals surface area contributed by atoms with Gasteiger partial charge in [-0.1, -0.05) is 99.2 Å². The van der Waals surface area contributed by atoms with Crippen molar-refractivity contribution in [2.24, 2.45) is 0 Å². The zero-order valence-electron chi connectivity index (χ0n) is 30.2. The van der Waals surface area contributed by atoms with Crippen LogP contribution in [0.3, 0.4) is 0 Å². The molecule has 6 rings (SSSR count). The molecule has 0 saturated heterocycles. The van der Waals surface area contributed by atoms with Crippen LogP contribution in [0.5, 0.6) is 0 Å². The Morgan fingerprint density at radius 2 is 1.46 bits per heavy atom. The maximum Gasteiger partial charge on any atom is 1.00 e. The second kappa shape index (κ2) is 15.5. The van der Waals surface area contributed by atoms with E-state index in [-0.39, 0.29) is 46.1 Å². The third-order valence-electron chi connectivity index (χ3n) is 10.1. The molecule has 0 fully saturated rings. The van der Waals surface area contributed by atoms with Crippen LogP contribution >= 0.6 is 0 Å². The van der Waals surface area contributed by atoms with Gasteiger partial charge in [-0.2, -0.15) is 11.0 Å². The third-order valence-corrected chi connectivity index (χ3v) is 10.9. The average molecular weight is 695 g/mol. The number of allylic oxidation sites excluding steroid dienone is 8. The van der Waals surface area contributed by atoms with E-state index in [9.17, 15) is 13.0 Å². The molecule has 2 heterocycles. The van der Waals surface area contributed by atoms with E-state index in [0.29, 0.717) is 19.4 Å². The maximum absolute atomic E-state index is 11.2. The zero-order chi connectivity index (χ0) is 34.8. The predicted octanol–water partition coefficient (Wildman–Crippen LogP) is 6.66. The second-order valence-electron chi connectivity index (χ2n) is 14.2. The van der Waals surface area contributed by atoms with E-state index < -0.39 is 10.1 Å². The van der Waals surface area contributed by atoms with Crippen LogP contribution in [0.25, 0.3) is 21.5 Å². The molecule has 0 amide bonds. The fourth-order valence-electron chi connectivity index (χ4n) is 7.68. The number of benzene rings is 4. The molecule has 0 aliphatic carbocycles. The molecule has 2 aliphatic heterocycles.